The molecule has 5 rings (SSSR count). The van der Waals surface area contributed by atoms with Crippen molar-refractivity contribution in [1.82, 2.24) is 16.0 Å². The van der Waals surface area contributed by atoms with Crippen LogP contribution in [-0.2, 0) is 21.2 Å². The summed E-state index contributed by atoms with van der Waals surface area (Å²) in [6, 6.07) is 25.7. The second kappa shape index (κ2) is 15.8. The first kappa shape index (κ1) is 37.1. The number of halogens is 6. The van der Waals surface area contributed by atoms with Gasteiger partial charge in [0.15, 0.2) is 0 Å². The van der Waals surface area contributed by atoms with E-state index in [1.165, 1.54) is 12.1 Å². The van der Waals surface area contributed by atoms with Crippen LogP contribution in [0.2, 0.25) is 0 Å². The summed E-state index contributed by atoms with van der Waals surface area (Å²) >= 11 is 0. The van der Waals surface area contributed by atoms with Crippen LogP contribution in [0.25, 0.3) is 22.3 Å². The number of carbonyl (C=O) groups is 3. The first-order valence-electron chi connectivity index (χ1n) is 16.7. The summed E-state index contributed by atoms with van der Waals surface area (Å²) in [6.45, 7) is -0.989. The van der Waals surface area contributed by atoms with Gasteiger partial charge >= 0.3 is 12.4 Å². The van der Waals surface area contributed by atoms with E-state index in [2.05, 4.69) is 16.0 Å². The van der Waals surface area contributed by atoms with Gasteiger partial charge in [0.1, 0.15) is 12.0 Å². The summed E-state index contributed by atoms with van der Waals surface area (Å²) in [4.78, 5) is 38.9. The number of unbranched alkanes of at least 4 members (excludes halogenated alkanes) is 3. The monoisotopic (exact) mass is 709 g/mol. The molecule has 6 nitrogen and oxygen atoms in total. The fourth-order valence-corrected chi connectivity index (χ4v) is 6.63. The Morgan fingerprint density at radius 1 is 0.588 bits per heavy atom. The van der Waals surface area contributed by atoms with Crippen molar-refractivity contribution in [1.29, 1.82) is 0 Å². The van der Waals surface area contributed by atoms with Crippen molar-refractivity contribution in [2.75, 3.05) is 19.6 Å². The third kappa shape index (κ3) is 8.79. The van der Waals surface area contributed by atoms with Gasteiger partial charge < -0.3 is 16.0 Å². The summed E-state index contributed by atoms with van der Waals surface area (Å²) in [7, 11) is 0. The average molecular weight is 710 g/mol. The third-order valence-electron chi connectivity index (χ3n) is 9.03. The Hall–Kier alpha value is -5.13. The van der Waals surface area contributed by atoms with Crippen LogP contribution in [0.1, 0.15) is 65.6 Å². The highest BCUT2D eigenvalue weighted by atomic mass is 19.4. The van der Waals surface area contributed by atoms with E-state index in [1.807, 2.05) is 24.3 Å². The fraction of sp³-hybridized carbons (Fsp3) is 0.308. The van der Waals surface area contributed by atoms with E-state index in [0.29, 0.717) is 60.9 Å². The Labute approximate surface area is 291 Å². The van der Waals surface area contributed by atoms with Crippen molar-refractivity contribution >= 4 is 17.7 Å². The van der Waals surface area contributed by atoms with Crippen LogP contribution in [0.4, 0.5) is 26.3 Å². The number of hydrogen-bond donors (Lipinski definition) is 3. The molecule has 0 fully saturated rings. The molecule has 3 N–H and O–H groups in total. The number of nitrogens with one attached hydrogen (secondary N) is 3. The Bertz CT molecular complexity index is 1810. The molecule has 0 aromatic heterocycles. The molecule has 4 aromatic carbocycles. The molecule has 0 saturated heterocycles. The van der Waals surface area contributed by atoms with Crippen molar-refractivity contribution in [3.05, 3.63) is 119 Å². The van der Waals surface area contributed by atoms with Crippen LogP contribution in [0, 0.1) is 0 Å². The normalized spacial score (nSPS) is 13.2. The molecule has 51 heavy (non-hydrogen) atoms. The summed E-state index contributed by atoms with van der Waals surface area (Å²) in [5, 5.41) is 7.64. The first-order chi connectivity index (χ1) is 24.3. The number of hydrogen-bond acceptors (Lipinski definition) is 3. The zero-order chi connectivity index (χ0) is 36.6. The number of alkyl halides is 6. The smallest absolute Gasteiger partial charge is 0.356 e. The molecule has 0 heterocycles. The minimum atomic E-state index is -4.55. The second-order valence-electron chi connectivity index (χ2n) is 12.4. The minimum Gasteiger partial charge on any atom is -0.356 e. The SMILES string of the molecule is O=C(CCNC(=O)c1ccccc1-c1ccc(C(F)(F)F)cc1)NCCCCCCC1(C(=O)NCC(F)(F)F)c2ccccc2-c2ccccc21. The van der Waals surface area contributed by atoms with Crippen LogP contribution in [0.15, 0.2) is 97.1 Å². The molecule has 0 atom stereocenters. The lowest BCUT2D eigenvalue weighted by Crippen LogP contribution is -2.47. The number of fused-ring (bicyclic) bond motifs is 3. The van der Waals surface area contributed by atoms with Gasteiger partial charge in [0.25, 0.3) is 5.91 Å². The van der Waals surface area contributed by atoms with E-state index in [1.54, 1.807) is 48.5 Å². The lowest BCUT2D eigenvalue weighted by atomic mass is 9.73. The Morgan fingerprint density at radius 3 is 1.76 bits per heavy atom. The highest BCUT2D eigenvalue weighted by Gasteiger charge is 2.49. The standard InChI is InChI=1S/C39H37F6N3O3/c40-38(41,42)25-48-36(51)37(32-15-7-5-12-29(32)30-13-6-8-16-33(30)37)22-9-1-2-10-23-46-34(49)21-24-47-35(50)31-14-4-3-11-28(31)26-17-19-27(20-18-26)39(43,44)45/h3-8,11-20H,1-2,9-10,21-25H2,(H,46,49)(H,47,50)(H,48,51). The maximum absolute atomic E-state index is 13.6. The first-order valence-corrected chi connectivity index (χ1v) is 16.7. The number of amides is 3. The zero-order valence-corrected chi connectivity index (χ0v) is 27.6. The molecular formula is C39H37F6N3O3. The van der Waals surface area contributed by atoms with Crippen molar-refractivity contribution in [2.45, 2.75) is 56.3 Å². The highest BCUT2D eigenvalue weighted by molar-refractivity contribution is 6.01. The summed E-state index contributed by atoms with van der Waals surface area (Å²) in [5.41, 5.74) is 2.17. The molecule has 0 unspecified atom stereocenters. The van der Waals surface area contributed by atoms with Crippen LogP contribution in [-0.4, -0.2) is 43.5 Å². The fourth-order valence-electron chi connectivity index (χ4n) is 6.63. The molecule has 0 aliphatic heterocycles. The Morgan fingerprint density at radius 2 is 1.16 bits per heavy atom. The lowest BCUT2D eigenvalue weighted by molar-refractivity contribution is -0.141. The third-order valence-corrected chi connectivity index (χ3v) is 9.03. The largest absolute Gasteiger partial charge is 0.416 e. The lowest BCUT2D eigenvalue weighted by Gasteiger charge is -2.31. The number of benzene rings is 4. The van der Waals surface area contributed by atoms with E-state index in [0.717, 1.165) is 23.3 Å². The molecule has 4 aromatic rings. The molecule has 3 amide bonds. The summed E-state index contributed by atoms with van der Waals surface area (Å²) < 4.78 is 78.2. The van der Waals surface area contributed by atoms with Crippen LogP contribution in [0.3, 0.4) is 0 Å². The molecular weight excluding hydrogens is 672 g/mol. The van der Waals surface area contributed by atoms with Gasteiger partial charge in [-0.05, 0) is 64.4 Å². The van der Waals surface area contributed by atoms with Crippen LogP contribution < -0.4 is 16.0 Å². The van der Waals surface area contributed by atoms with E-state index in [9.17, 15) is 40.7 Å². The van der Waals surface area contributed by atoms with Gasteiger partial charge in [-0.15, -0.1) is 0 Å². The molecule has 1 aliphatic rings. The van der Waals surface area contributed by atoms with Crippen molar-refractivity contribution in [3.63, 3.8) is 0 Å². The number of carbonyl (C=O) groups excluding carboxylic acids is 3. The molecule has 268 valence electrons. The molecule has 12 heteroatoms. The Kier molecular flexibility index (Phi) is 11.5. The zero-order valence-electron chi connectivity index (χ0n) is 27.6. The van der Waals surface area contributed by atoms with E-state index >= 15 is 0 Å². The van der Waals surface area contributed by atoms with E-state index in [-0.39, 0.29) is 24.4 Å². The molecule has 1 aliphatic carbocycles. The highest BCUT2D eigenvalue weighted by Crippen LogP contribution is 2.51. The maximum Gasteiger partial charge on any atom is 0.416 e. The van der Waals surface area contributed by atoms with Crippen molar-refractivity contribution in [2.24, 2.45) is 0 Å². The van der Waals surface area contributed by atoms with Gasteiger partial charge in [0.2, 0.25) is 11.8 Å². The Balaban J connectivity index is 1.08. The number of rotatable bonds is 14. The molecule has 0 spiro atoms. The summed E-state index contributed by atoms with van der Waals surface area (Å²) in [6.07, 6.45) is -6.09. The van der Waals surface area contributed by atoms with Crippen LogP contribution in [0.5, 0.6) is 0 Å². The predicted molar refractivity (Wildman–Crippen MR) is 182 cm³/mol. The van der Waals surface area contributed by atoms with Crippen molar-refractivity contribution in [3.8, 4) is 22.3 Å². The van der Waals surface area contributed by atoms with Crippen LogP contribution >= 0.6 is 0 Å². The van der Waals surface area contributed by atoms with Gasteiger partial charge in [-0.25, -0.2) is 0 Å². The quantitative estimate of drug-likeness (QED) is 0.0912. The predicted octanol–water partition coefficient (Wildman–Crippen LogP) is 8.20. The maximum atomic E-state index is 13.6. The van der Waals surface area contributed by atoms with Gasteiger partial charge in [0, 0.05) is 25.1 Å². The average Bonchev–Trinajstić information content (AvgIpc) is 3.40. The molecule has 0 bridgehead atoms. The van der Waals surface area contributed by atoms with Gasteiger partial charge in [-0.2, -0.15) is 26.3 Å². The van der Waals surface area contributed by atoms with Gasteiger partial charge in [-0.3, -0.25) is 14.4 Å². The van der Waals surface area contributed by atoms with E-state index < -0.39 is 41.7 Å². The van der Waals surface area contributed by atoms with E-state index in [4.69, 9.17) is 0 Å². The van der Waals surface area contributed by atoms with Gasteiger partial charge in [0.05, 0.1) is 5.56 Å². The van der Waals surface area contributed by atoms with Gasteiger partial charge in [-0.1, -0.05) is 98.1 Å². The van der Waals surface area contributed by atoms with Crippen molar-refractivity contribution < 1.29 is 40.7 Å². The topological polar surface area (TPSA) is 87.3 Å². The molecule has 0 saturated carbocycles. The molecule has 0 radical (unpaired) electrons. The summed E-state index contributed by atoms with van der Waals surface area (Å²) in [5.74, 6) is -1.42. The second-order valence-corrected chi connectivity index (χ2v) is 12.4. The minimum absolute atomic E-state index is 0.0164.